The molecule has 2 aromatic rings. The number of nitrogens with zero attached hydrogens (tertiary/aromatic N) is 3. The van der Waals surface area contributed by atoms with Crippen molar-refractivity contribution in [2.24, 2.45) is 16.8 Å². The maximum atomic E-state index is 13.6. The second kappa shape index (κ2) is 10.5. The van der Waals surface area contributed by atoms with Gasteiger partial charge in [-0.15, -0.1) is 0 Å². The SMILES string of the molecule is C[C@@H](Cc1ccc(F)c(F)c1)C(=O)NC1N=C(N2CCC(C(F)(F)F)CC2)c2ccccc2N(C)C1=O. The summed E-state index contributed by atoms with van der Waals surface area (Å²) < 4.78 is 66.4. The second-order valence-corrected chi connectivity index (χ2v) is 9.43. The predicted molar refractivity (Wildman–Crippen MR) is 128 cm³/mol. The molecule has 37 heavy (non-hydrogen) atoms. The third-order valence-corrected chi connectivity index (χ3v) is 6.83. The van der Waals surface area contributed by atoms with Crippen molar-refractivity contribution < 1.29 is 31.5 Å². The molecule has 0 radical (unpaired) electrons. The molecule has 0 saturated carbocycles. The number of likely N-dealkylation sites (tertiary alicyclic amines) is 1. The van der Waals surface area contributed by atoms with Crippen LogP contribution in [0.1, 0.15) is 30.9 Å². The zero-order valence-electron chi connectivity index (χ0n) is 20.4. The zero-order valence-corrected chi connectivity index (χ0v) is 20.4. The Labute approximate surface area is 211 Å². The molecular weight excluding hydrogens is 495 g/mol. The molecule has 0 bridgehead atoms. The summed E-state index contributed by atoms with van der Waals surface area (Å²) in [6.45, 7) is 1.79. The Bertz CT molecular complexity index is 1210. The van der Waals surface area contributed by atoms with Crippen LogP contribution in [-0.2, 0) is 16.0 Å². The van der Waals surface area contributed by atoms with E-state index in [9.17, 15) is 31.5 Å². The molecule has 1 saturated heterocycles. The van der Waals surface area contributed by atoms with Gasteiger partial charge in [0.15, 0.2) is 11.6 Å². The molecular formula is C26H27F5N4O2. The predicted octanol–water partition coefficient (Wildman–Crippen LogP) is 4.28. The minimum Gasteiger partial charge on any atom is -0.356 e. The molecule has 1 N–H and O–H groups in total. The van der Waals surface area contributed by atoms with Crippen molar-refractivity contribution in [2.45, 2.75) is 38.5 Å². The first-order valence-electron chi connectivity index (χ1n) is 12.0. The molecule has 6 nitrogen and oxygen atoms in total. The lowest BCUT2D eigenvalue weighted by Gasteiger charge is -2.35. The molecule has 2 aliphatic rings. The van der Waals surface area contributed by atoms with Crippen LogP contribution in [0, 0.1) is 23.5 Å². The van der Waals surface area contributed by atoms with Crippen LogP contribution < -0.4 is 10.2 Å². The summed E-state index contributed by atoms with van der Waals surface area (Å²) in [5.41, 5.74) is 1.51. The van der Waals surface area contributed by atoms with Gasteiger partial charge in [0.05, 0.1) is 11.6 Å². The van der Waals surface area contributed by atoms with Crippen molar-refractivity contribution in [3.05, 3.63) is 65.2 Å². The number of rotatable bonds is 4. The minimum atomic E-state index is -4.27. The van der Waals surface area contributed by atoms with Gasteiger partial charge in [-0.25, -0.2) is 13.8 Å². The largest absolute Gasteiger partial charge is 0.391 e. The first kappa shape index (κ1) is 26.6. The Morgan fingerprint density at radius 2 is 1.78 bits per heavy atom. The van der Waals surface area contributed by atoms with E-state index in [1.807, 2.05) is 0 Å². The van der Waals surface area contributed by atoms with E-state index in [1.165, 1.54) is 11.0 Å². The molecule has 0 spiro atoms. The second-order valence-electron chi connectivity index (χ2n) is 9.43. The summed E-state index contributed by atoms with van der Waals surface area (Å²) in [6, 6.07) is 10.3. The number of likely N-dealkylation sites (N-methyl/N-ethyl adjacent to an activating group) is 1. The number of nitrogens with one attached hydrogen (secondary N) is 1. The highest BCUT2D eigenvalue weighted by Crippen LogP contribution is 2.35. The number of alkyl halides is 3. The van der Waals surface area contributed by atoms with Gasteiger partial charge in [-0.3, -0.25) is 9.59 Å². The number of fused-ring (bicyclic) bond motifs is 1. The topological polar surface area (TPSA) is 65.0 Å². The molecule has 1 unspecified atom stereocenters. The quantitative estimate of drug-likeness (QED) is 0.610. The Kier molecular flexibility index (Phi) is 7.52. The van der Waals surface area contributed by atoms with E-state index in [0.717, 1.165) is 12.1 Å². The number of carbonyl (C=O) groups is 2. The maximum Gasteiger partial charge on any atom is 0.391 e. The minimum absolute atomic E-state index is 0.0987. The number of para-hydroxylation sites is 1. The van der Waals surface area contributed by atoms with Crippen molar-refractivity contribution in [3.8, 4) is 0 Å². The number of amides is 2. The van der Waals surface area contributed by atoms with Crippen LogP contribution in [0.5, 0.6) is 0 Å². The lowest BCUT2D eigenvalue weighted by molar-refractivity contribution is -0.183. The van der Waals surface area contributed by atoms with Gasteiger partial charge in [-0.1, -0.05) is 25.1 Å². The van der Waals surface area contributed by atoms with Gasteiger partial charge in [0.2, 0.25) is 12.1 Å². The lowest BCUT2D eigenvalue weighted by Crippen LogP contribution is -2.48. The van der Waals surface area contributed by atoms with E-state index in [1.54, 1.807) is 43.1 Å². The molecule has 2 atom stereocenters. The highest BCUT2D eigenvalue weighted by molar-refractivity contribution is 6.12. The van der Waals surface area contributed by atoms with Crippen LogP contribution in [0.3, 0.4) is 0 Å². The van der Waals surface area contributed by atoms with Gasteiger partial charge in [-0.2, -0.15) is 13.2 Å². The summed E-state index contributed by atoms with van der Waals surface area (Å²) in [7, 11) is 1.54. The summed E-state index contributed by atoms with van der Waals surface area (Å²) >= 11 is 0. The van der Waals surface area contributed by atoms with E-state index >= 15 is 0 Å². The monoisotopic (exact) mass is 522 g/mol. The average molecular weight is 523 g/mol. The van der Waals surface area contributed by atoms with Crippen LogP contribution in [-0.4, -0.2) is 55.0 Å². The molecule has 2 aromatic carbocycles. The fourth-order valence-corrected chi connectivity index (χ4v) is 4.66. The highest BCUT2D eigenvalue weighted by Gasteiger charge is 2.42. The van der Waals surface area contributed by atoms with E-state index in [4.69, 9.17) is 0 Å². The van der Waals surface area contributed by atoms with Crippen LogP contribution in [0.4, 0.5) is 27.6 Å². The van der Waals surface area contributed by atoms with Crippen LogP contribution in [0.25, 0.3) is 0 Å². The van der Waals surface area contributed by atoms with Gasteiger partial charge in [0.25, 0.3) is 5.91 Å². The van der Waals surface area contributed by atoms with Gasteiger partial charge >= 0.3 is 6.18 Å². The number of hydrogen-bond acceptors (Lipinski definition) is 4. The maximum absolute atomic E-state index is 13.6. The third-order valence-electron chi connectivity index (χ3n) is 6.83. The van der Waals surface area contributed by atoms with Gasteiger partial charge in [0, 0.05) is 31.6 Å². The van der Waals surface area contributed by atoms with E-state index in [2.05, 4.69) is 10.3 Å². The Morgan fingerprint density at radius 3 is 2.43 bits per heavy atom. The number of halogens is 5. The van der Waals surface area contributed by atoms with Gasteiger partial charge in [0.1, 0.15) is 5.84 Å². The van der Waals surface area contributed by atoms with E-state index in [0.29, 0.717) is 22.6 Å². The van der Waals surface area contributed by atoms with Crippen molar-refractivity contribution in [3.63, 3.8) is 0 Å². The van der Waals surface area contributed by atoms with Crippen molar-refractivity contribution in [1.82, 2.24) is 10.2 Å². The van der Waals surface area contributed by atoms with Crippen molar-refractivity contribution in [2.75, 3.05) is 25.0 Å². The fourth-order valence-electron chi connectivity index (χ4n) is 4.66. The Balaban J connectivity index is 1.57. The van der Waals surface area contributed by atoms with Gasteiger partial charge in [-0.05, 0) is 49.1 Å². The standard InChI is InChI=1S/C26H27F5N4O2/c1-15(13-16-7-8-19(27)20(28)14-16)24(36)33-22-25(37)34(2)21-6-4-3-5-18(21)23(32-22)35-11-9-17(10-12-35)26(29,30)31/h3-8,14-15,17,22H,9-13H2,1-2H3,(H,33,36)/t15-,22?/m0/s1. The number of anilines is 1. The number of amidine groups is 1. The van der Waals surface area contributed by atoms with Crippen LogP contribution in [0.15, 0.2) is 47.5 Å². The Morgan fingerprint density at radius 1 is 1.11 bits per heavy atom. The molecule has 2 heterocycles. The Hall–Kier alpha value is -3.50. The molecule has 0 aromatic heterocycles. The molecule has 11 heteroatoms. The van der Waals surface area contributed by atoms with Crippen LogP contribution in [0.2, 0.25) is 0 Å². The molecule has 2 aliphatic heterocycles. The van der Waals surface area contributed by atoms with Crippen molar-refractivity contribution in [1.29, 1.82) is 0 Å². The first-order valence-corrected chi connectivity index (χ1v) is 12.0. The summed E-state index contributed by atoms with van der Waals surface area (Å²) in [5.74, 6) is -4.81. The average Bonchev–Trinajstić information content (AvgIpc) is 2.96. The normalized spacial score (nSPS) is 19.7. The number of benzodiazepines with no additional fused rings is 1. The molecule has 1 fully saturated rings. The zero-order chi connectivity index (χ0) is 26.9. The number of aliphatic imine (C=N–C) groups is 1. The summed E-state index contributed by atoms with van der Waals surface area (Å²) in [4.78, 5) is 33.9. The number of carbonyl (C=O) groups excluding carboxylic acids is 2. The molecule has 2 amide bonds. The summed E-state index contributed by atoms with van der Waals surface area (Å²) in [6.07, 6.45) is -5.69. The number of piperidine rings is 1. The summed E-state index contributed by atoms with van der Waals surface area (Å²) in [5, 5.41) is 2.63. The van der Waals surface area contributed by atoms with E-state index in [-0.39, 0.29) is 32.4 Å². The third kappa shape index (κ3) is 5.75. The van der Waals surface area contributed by atoms with E-state index < -0.39 is 47.6 Å². The molecule has 198 valence electrons. The number of hydrogen-bond donors (Lipinski definition) is 1. The fraction of sp³-hybridized carbons (Fsp3) is 0.423. The molecule has 0 aliphatic carbocycles. The first-order chi connectivity index (χ1) is 17.5. The van der Waals surface area contributed by atoms with Gasteiger partial charge < -0.3 is 15.1 Å². The molecule has 4 rings (SSSR count). The van der Waals surface area contributed by atoms with Crippen molar-refractivity contribution >= 4 is 23.3 Å². The smallest absolute Gasteiger partial charge is 0.356 e. The van der Waals surface area contributed by atoms with Crippen LogP contribution >= 0.6 is 0 Å². The highest BCUT2D eigenvalue weighted by atomic mass is 19.4. The lowest BCUT2D eigenvalue weighted by atomic mass is 9.95. The number of benzene rings is 2.